The van der Waals surface area contributed by atoms with Gasteiger partial charge >= 0.3 is 17.9 Å². The third-order valence-electron chi connectivity index (χ3n) is 12.5. The Balaban J connectivity index is 1.67. The molecule has 1 unspecified atom stereocenters. The number of likely N-dealkylation sites (tertiary alicyclic amines) is 1. The van der Waals surface area contributed by atoms with Crippen LogP contribution in [0, 0.1) is 26.7 Å². The minimum Gasteiger partial charge on any atom is -0.479 e. The summed E-state index contributed by atoms with van der Waals surface area (Å²) in [5.74, 6) is -13.3. The standard InChI is InChI=1S/C54H67N7O14S/c1-34-25-26-40(36(3)35(34)2)76(70,71)60-54(28-18-30-58-51(56)57,74-33-39-23-14-9-15-24-39)44(62)41-46(64)61(47(41)65)42(43(48(66)67)72-31-37-19-10-7-11-20-37)45(63)59-53(27-16-17-29-55,50(69)75-52(4,5)6)49(68)73-32-38-21-12-8-13-22-38/h7-15,19-26,41-43,60H,16-18,27-33,55H2,1-6H3,(H,59,63)(H,66,67)(H4,56,57,58)/t42-,43?,53-,54+/m0/s1. The van der Waals surface area contributed by atoms with Crippen molar-refractivity contribution in [3.05, 3.63) is 137 Å². The van der Waals surface area contributed by atoms with Gasteiger partial charge in [0.15, 0.2) is 29.7 Å². The van der Waals surface area contributed by atoms with E-state index in [1.165, 1.54) is 26.8 Å². The second kappa shape index (κ2) is 25.9. The van der Waals surface area contributed by atoms with Gasteiger partial charge in [0.05, 0.1) is 18.1 Å². The molecule has 1 saturated heterocycles. The number of β-lactam (4-membered cyclic amide) rings is 2. The smallest absolute Gasteiger partial charge is 0.344 e. The fourth-order valence-corrected chi connectivity index (χ4v) is 9.91. The van der Waals surface area contributed by atoms with E-state index in [2.05, 4.69) is 15.0 Å². The molecule has 1 heterocycles. The third-order valence-corrected chi connectivity index (χ3v) is 14.2. The van der Waals surface area contributed by atoms with Crippen molar-refractivity contribution in [2.24, 2.45) is 28.1 Å². The molecular formula is C54H67N7O14S. The molecule has 21 nitrogen and oxygen atoms in total. The summed E-state index contributed by atoms with van der Waals surface area (Å²) in [6.07, 6.45) is -3.55. The average Bonchev–Trinajstić information content (AvgIpc) is 3.39. The van der Waals surface area contributed by atoms with E-state index in [0.717, 1.165) is 5.56 Å². The molecule has 0 saturated carbocycles. The predicted molar refractivity (Wildman–Crippen MR) is 278 cm³/mol. The summed E-state index contributed by atoms with van der Waals surface area (Å²) in [7, 11) is -4.80. The number of rotatable bonds is 28. The number of unbranched alkanes of at least 4 members (excludes halogenated alkanes) is 1. The molecule has 0 aliphatic carbocycles. The van der Waals surface area contributed by atoms with Crippen LogP contribution in [0.3, 0.4) is 0 Å². The van der Waals surface area contributed by atoms with E-state index in [1.807, 2.05) is 0 Å². The zero-order valence-electron chi connectivity index (χ0n) is 43.4. The van der Waals surface area contributed by atoms with Gasteiger partial charge in [0.25, 0.3) is 0 Å². The number of nitrogens with one attached hydrogen (secondary N) is 2. The number of nitrogens with zero attached hydrogens (tertiary/aromatic N) is 2. The number of hydrogen-bond acceptors (Lipinski definition) is 15. The van der Waals surface area contributed by atoms with Gasteiger partial charge in [-0.3, -0.25) is 29.1 Å². The molecule has 5 rings (SSSR count). The van der Waals surface area contributed by atoms with Gasteiger partial charge in [-0.2, -0.15) is 4.72 Å². The maximum atomic E-state index is 15.4. The number of nitrogens with two attached hydrogens (primary N) is 3. The number of ketones is 1. The van der Waals surface area contributed by atoms with Crippen LogP contribution in [0.15, 0.2) is 113 Å². The minimum atomic E-state index is -4.80. The Labute approximate surface area is 441 Å². The Bertz CT molecular complexity index is 2860. The highest BCUT2D eigenvalue weighted by molar-refractivity contribution is 7.89. The molecule has 76 heavy (non-hydrogen) atoms. The highest BCUT2D eigenvalue weighted by Gasteiger charge is 2.64. The van der Waals surface area contributed by atoms with Gasteiger partial charge in [-0.05, 0) is 113 Å². The Morgan fingerprint density at radius 1 is 0.737 bits per heavy atom. The maximum absolute atomic E-state index is 15.4. The summed E-state index contributed by atoms with van der Waals surface area (Å²) < 4.78 is 55.2. The lowest BCUT2D eigenvalue weighted by molar-refractivity contribution is -0.187. The molecule has 1 aliphatic rings. The summed E-state index contributed by atoms with van der Waals surface area (Å²) in [6, 6.07) is 24.9. The number of esters is 2. The first-order chi connectivity index (χ1) is 35.9. The molecule has 4 aromatic rings. The number of Topliss-reactive ketones (excluding diaryl/α,β-unsaturated/α-hetero) is 1. The van der Waals surface area contributed by atoms with E-state index in [0.29, 0.717) is 27.8 Å². The van der Waals surface area contributed by atoms with E-state index in [9.17, 15) is 37.5 Å². The number of aliphatic imine (C=N–C) groups is 1. The fraction of sp³-hybridized carbons (Fsp3) is 0.407. The van der Waals surface area contributed by atoms with Crippen LogP contribution in [-0.4, -0.2) is 108 Å². The van der Waals surface area contributed by atoms with Gasteiger partial charge in [0, 0.05) is 13.0 Å². The van der Waals surface area contributed by atoms with Crippen LogP contribution in [0.2, 0.25) is 0 Å². The first-order valence-corrected chi connectivity index (χ1v) is 26.0. The number of carbonyl (C=O) groups is 7. The summed E-state index contributed by atoms with van der Waals surface area (Å²) in [5.41, 5.74) is 13.2. The molecule has 1 aliphatic heterocycles. The number of ether oxygens (including phenoxy) is 4. The molecule has 9 N–H and O–H groups in total. The number of guanidine groups is 1. The molecule has 0 bridgehead atoms. The van der Waals surface area contributed by atoms with Crippen molar-refractivity contribution in [2.45, 2.75) is 127 Å². The second-order valence-electron chi connectivity index (χ2n) is 19.3. The third kappa shape index (κ3) is 14.7. The van der Waals surface area contributed by atoms with Gasteiger partial charge < -0.3 is 46.6 Å². The second-order valence-corrected chi connectivity index (χ2v) is 20.9. The predicted octanol–water partition coefficient (Wildman–Crippen LogP) is 3.52. The Kier molecular flexibility index (Phi) is 20.3. The molecular weight excluding hydrogens is 1000 g/mol. The van der Waals surface area contributed by atoms with Crippen molar-refractivity contribution in [3.8, 4) is 0 Å². The van der Waals surface area contributed by atoms with Gasteiger partial charge in [0.1, 0.15) is 12.2 Å². The zero-order chi connectivity index (χ0) is 56.0. The first kappa shape index (κ1) is 59.5. The SMILES string of the molecule is Cc1ccc(S(=O)(=O)N[C@](CCCN=C(N)N)(OCc2ccccc2)C(=O)C2C(=O)N([C@H](C(=O)N[C@@](CCCCN)(C(=O)OCc3ccccc3)C(=O)OC(C)(C)C)C(OCc3ccccc3)C(=O)O)C2=O)c(C)c1C. The normalized spacial score (nSPS) is 15.3. The van der Waals surface area contributed by atoms with Crippen LogP contribution in [-0.2, 0) is 82.4 Å². The molecule has 1 fully saturated rings. The van der Waals surface area contributed by atoms with Crippen molar-refractivity contribution >= 4 is 57.4 Å². The van der Waals surface area contributed by atoms with Crippen LogP contribution in [0.4, 0.5) is 0 Å². The summed E-state index contributed by atoms with van der Waals surface area (Å²) in [5, 5.41) is 13.2. The van der Waals surface area contributed by atoms with Gasteiger partial charge in [0.2, 0.25) is 39.1 Å². The molecule has 0 radical (unpaired) electrons. The lowest BCUT2D eigenvalue weighted by Crippen LogP contribution is -2.75. The molecule has 0 aromatic heterocycles. The van der Waals surface area contributed by atoms with Crippen molar-refractivity contribution in [3.63, 3.8) is 0 Å². The highest BCUT2D eigenvalue weighted by Crippen LogP contribution is 2.35. The molecule has 408 valence electrons. The van der Waals surface area contributed by atoms with Gasteiger partial charge in [-0.1, -0.05) is 97.1 Å². The van der Waals surface area contributed by atoms with Crippen molar-refractivity contribution in [1.82, 2.24) is 14.9 Å². The lowest BCUT2D eigenvalue weighted by Gasteiger charge is -2.45. The number of carboxylic acids is 1. The summed E-state index contributed by atoms with van der Waals surface area (Å²) >= 11 is 0. The molecule has 0 spiro atoms. The molecule has 22 heteroatoms. The van der Waals surface area contributed by atoms with Crippen molar-refractivity contribution in [2.75, 3.05) is 13.1 Å². The number of benzene rings is 4. The van der Waals surface area contributed by atoms with Crippen LogP contribution in [0.25, 0.3) is 0 Å². The Hall–Kier alpha value is -7.37. The Morgan fingerprint density at radius 3 is 1.82 bits per heavy atom. The minimum absolute atomic E-state index is 0.0159. The summed E-state index contributed by atoms with van der Waals surface area (Å²) in [4.78, 5) is 107. The van der Waals surface area contributed by atoms with Gasteiger partial charge in [-0.25, -0.2) is 22.8 Å². The summed E-state index contributed by atoms with van der Waals surface area (Å²) in [6.45, 7) is 8.04. The van der Waals surface area contributed by atoms with Gasteiger partial charge in [-0.15, -0.1) is 0 Å². The Morgan fingerprint density at radius 2 is 1.29 bits per heavy atom. The number of carbonyl (C=O) groups excluding carboxylic acids is 6. The van der Waals surface area contributed by atoms with E-state index in [4.69, 9.17) is 36.1 Å². The van der Waals surface area contributed by atoms with E-state index in [-0.39, 0.29) is 48.1 Å². The van der Waals surface area contributed by atoms with Crippen LogP contribution in [0.1, 0.15) is 86.3 Å². The van der Waals surface area contributed by atoms with Crippen LogP contribution >= 0.6 is 0 Å². The number of aryl methyl sites for hydroxylation is 1. The number of sulfonamides is 1. The quantitative estimate of drug-likeness (QED) is 0.00901. The molecule has 4 atom stereocenters. The van der Waals surface area contributed by atoms with E-state index >= 15 is 9.59 Å². The number of imide groups is 1. The fourth-order valence-electron chi connectivity index (χ4n) is 8.30. The van der Waals surface area contributed by atoms with Crippen LogP contribution < -0.4 is 27.2 Å². The molecule has 3 amide bonds. The number of hydrogen-bond donors (Lipinski definition) is 6. The topological polar surface area (TPSA) is 328 Å². The first-order valence-electron chi connectivity index (χ1n) is 24.5. The number of amides is 3. The van der Waals surface area contributed by atoms with Crippen LogP contribution in [0.5, 0.6) is 0 Å². The van der Waals surface area contributed by atoms with Crippen molar-refractivity contribution < 1.29 is 66.0 Å². The number of carboxylic acid groups (broad SMARTS) is 1. The average molecular weight is 1070 g/mol. The monoisotopic (exact) mass is 1070 g/mol. The maximum Gasteiger partial charge on any atom is 0.344 e. The zero-order valence-corrected chi connectivity index (χ0v) is 44.2. The number of aliphatic carboxylic acids is 1. The van der Waals surface area contributed by atoms with Crippen molar-refractivity contribution in [1.29, 1.82) is 0 Å². The lowest BCUT2D eigenvalue weighted by atomic mass is 9.82. The largest absolute Gasteiger partial charge is 0.479 e. The van der Waals surface area contributed by atoms with E-state index in [1.54, 1.807) is 118 Å². The molecule has 4 aromatic carbocycles. The highest BCUT2D eigenvalue weighted by atomic mass is 32.2. The van der Waals surface area contributed by atoms with E-state index < -0.39 is 119 Å².